The summed E-state index contributed by atoms with van der Waals surface area (Å²) >= 11 is 6.26. The van der Waals surface area contributed by atoms with Gasteiger partial charge in [-0.05, 0) is 36.1 Å². The highest BCUT2D eigenvalue weighted by atomic mass is 35.5. The molecule has 0 heterocycles. The van der Waals surface area contributed by atoms with Crippen molar-refractivity contribution in [1.29, 1.82) is 0 Å². The van der Waals surface area contributed by atoms with Crippen LogP contribution in [0, 0.1) is 6.92 Å². The molecule has 0 aliphatic carbocycles. The topological polar surface area (TPSA) is 20.2 Å². The summed E-state index contributed by atoms with van der Waals surface area (Å²) in [6, 6.07) is 16.2. The highest BCUT2D eigenvalue weighted by Gasteiger charge is 2.20. The molecule has 20 heavy (non-hydrogen) atoms. The maximum absolute atomic E-state index is 10.6. The van der Waals surface area contributed by atoms with E-state index < -0.39 is 6.10 Å². The standard InChI is InChI=1S/C18H21ClO/c1-3-16(14-7-5-4-6-8-14)18(20)12-15-10-9-13(2)11-17(15)19/h4-11,16,18,20H,3,12H2,1-2H3. The molecule has 0 saturated carbocycles. The molecular formula is C18H21ClO. The number of aliphatic hydroxyl groups excluding tert-OH is 1. The maximum atomic E-state index is 10.6. The number of hydrogen-bond acceptors (Lipinski definition) is 1. The summed E-state index contributed by atoms with van der Waals surface area (Å²) < 4.78 is 0. The summed E-state index contributed by atoms with van der Waals surface area (Å²) in [7, 11) is 0. The van der Waals surface area contributed by atoms with Gasteiger partial charge in [-0.2, -0.15) is 0 Å². The fourth-order valence-electron chi connectivity index (χ4n) is 2.62. The fourth-order valence-corrected chi connectivity index (χ4v) is 2.93. The zero-order valence-corrected chi connectivity index (χ0v) is 12.8. The van der Waals surface area contributed by atoms with Gasteiger partial charge in [-0.3, -0.25) is 0 Å². The van der Waals surface area contributed by atoms with Crippen LogP contribution in [0.1, 0.15) is 36.0 Å². The summed E-state index contributed by atoms with van der Waals surface area (Å²) in [5.41, 5.74) is 3.34. The van der Waals surface area contributed by atoms with E-state index in [1.807, 2.05) is 43.3 Å². The van der Waals surface area contributed by atoms with Gasteiger partial charge in [0.15, 0.2) is 0 Å². The lowest BCUT2D eigenvalue weighted by Gasteiger charge is -2.22. The molecule has 0 saturated heterocycles. The second kappa shape index (κ2) is 6.92. The van der Waals surface area contributed by atoms with Gasteiger partial charge in [0, 0.05) is 17.4 Å². The van der Waals surface area contributed by atoms with Crippen molar-refractivity contribution >= 4 is 11.6 Å². The third kappa shape index (κ3) is 3.62. The number of aryl methyl sites for hydroxylation is 1. The van der Waals surface area contributed by atoms with Crippen LogP contribution in [0.5, 0.6) is 0 Å². The Bertz CT molecular complexity index is 551. The van der Waals surface area contributed by atoms with Gasteiger partial charge in [0.05, 0.1) is 6.10 Å². The van der Waals surface area contributed by atoms with Crippen LogP contribution in [0.4, 0.5) is 0 Å². The minimum absolute atomic E-state index is 0.147. The second-order valence-corrected chi connectivity index (χ2v) is 5.70. The van der Waals surface area contributed by atoms with Crippen molar-refractivity contribution < 1.29 is 5.11 Å². The van der Waals surface area contributed by atoms with Crippen molar-refractivity contribution in [3.8, 4) is 0 Å². The normalized spacial score (nSPS) is 14.0. The average molecular weight is 289 g/mol. The van der Waals surface area contributed by atoms with Crippen molar-refractivity contribution in [2.75, 3.05) is 0 Å². The van der Waals surface area contributed by atoms with Crippen LogP contribution in [-0.2, 0) is 6.42 Å². The summed E-state index contributed by atoms with van der Waals surface area (Å²) in [5.74, 6) is 0.147. The van der Waals surface area contributed by atoms with Crippen molar-refractivity contribution in [2.45, 2.75) is 38.7 Å². The van der Waals surface area contributed by atoms with Crippen LogP contribution in [0.25, 0.3) is 0 Å². The first-order chi connectivity index (χ1) is 9.61. The van der Waals surface area contributed by atoms with E-state index in [0.29, 0.717) is 6.42 Å². The maximum Gasteiger partial charge on any atom is 0.0649 e. The first kappa shape index (κ1) is 15.1. The first-order valence-electron chi connectivity index (χ1n) is 7.10. The summed E-state index contributed by atoms with van der Waals surface area (Å²) in [6.07, 6.45) is 1.09. The van der Waals surface area contributed by atoms with Gasteiger partial charge in [-0.25, -0.2) is 0 Å². The van der Waals surface area contributed by atoms with E-state index >= 15 is 0 Å². The van der Waals surface area contributed by atoms with Crippen LogP contribution in [0.15, 0.2) is 48.5 Å². The predicted octanol–water partition coefficient (Wildman–Crippen LogP) is 4.75. The Balaban J connectivity index is 2.15. The summed E-state index contributed by atoms with van der Waals surface area (Å²) in [5, 5.41) is 11.3. The van der Waals surface area contributed by atoms with Gasteiger partial charge in [0.2, 0.25) is 0 Å². The molecule has 0 aromatic heterocycles. The predicted molar refractivity (Wildman–Crippen MR) is 85.4 cm³/mol. The van der Waals surface area contributed by atoms with Crippen LogP contribution < -0.4 is 0 Å². The highest BCUT2D eigenvalue weighted by Crippen LogP contribution is 2.27. The van der Waals surface area contributed by atoms with E-state index in [2.05, 4.69) is 19.1 Å². The molecule has 2 aromatic carbocycles. The molecular weight excluding hydrogens is 268 g/mol. The second-order valence-electron chi connectivity index (χ2n) is 5.29. The average Bonchev–Trinajstić information content (AvgIpc) is 2.44. The Labute approximate surface area is 126 Å². The van der Waals surface area contributed by atoms with E-state index in [1.54, 1.807) is 0 Å². The molecule has 1 nitrogen and oxygen atoms in total. The number of hydrogen-bond donors (Lipinski definition) is 1. The number of rotatable bonds is 5. The SMILES string of the molecule is CCC(c1ccccc1)C(O)Cc1ccc(C)cc1Cl. The van der Waals surface area contributed by atoms with E-state index in [9.17, 15) is 5.11 Å². The molecule has 2 unspecified atom stereocenters. The smallest absolute Gasteiger partial charge is 0.0649 e. The zero-order chi connectivity index (χ0) is 14.5. The quantitative estimate of drug-likeness (QED) is 0.842. The van der Waals surface area contributed by atoms with E-state index in [-0.39, 0.29) is 5.92 Å². The molecule has 0 aliphatic rings. The molecule has 0 bridgehead atoms. The molecule has 1 N–H and O–H groups in total. The van der Waals surface area contributed by atoms with Crippen LogP contribution in [-0.4, -0.2) is 11.2 Å². The third-order valence-electron chi connectivity index (χ3n) is 3.77. The van der Waals surface area contributed by atoms with Crippen LogP contribution in [0.3, 0.4) is 0 Å². The summed E-state index contributed by atoms with van der Waals surface area (Å²) in [6.45, 7) is 4.13. The van der Waals surface area contributed by atoms with Gasteiger partial charge in [0.25, 0.3) is 0 Å². The molecule has 0 fully saturated rings. The van der Waals surface area contributed by atoms with Crippen molar-refractivity contribution in [2.24, 2.45) is 0 Å². The Morgan fingerprint density at radius 1 is 1.10 bits per heavy atom. The van der Waals surface area contributed by atoms with E-state index in [1.165, 1.54) is 5.56 Å². The monoisotopic (exact) mass is 288 g/mol. The summed E-state index contributed by atoms with van der Waals surface area (Å²) in [4.78, 5) is 0. The fraction of sp³-hybridized carbons (Fsp3) is 0.333. The van der Waals surface area contributed by atoms with Crippen LogP contribution in [0.2, 0.25) is 5.02 Å². The molecule has 106 valence electrons. The molecule has 0 amide bonds. The number of aliphatic hydroxyl groups is 1. The molecule has 2 rings (SSSR count). The van der Waals surface area contributed by atoms with Gasteiger partial charge < -0.3 is 5.11 Å². The molecule has 2 heteroatoms. The Morgan fingerprint density at radius 3 is 2.40 bits per heavy atom. The molecule has 0 aliphatic heterocycles. The van der Waals surface area contributed by atoms with Gasteiger partial charge in [-0.1, -0.05) is 61.0 Å². The largest absolute Gasteiger partial charge is 0.392 e. The number of benzene rings is 2. The minimum atomic E-state index is -0.414. The lowest BCUT2D eigenvalue weighted by molar-refractivity contribution is 0.141. The minimum Gasteiger partial charge on any atom is -0.392 e. The Kier molecular flexibility index (Phi) is 5.22. The van der Waals surface area contributed by atoms with Gasteiger partial charge in [-0.15, -0.1) is 0 Å². The molecule has 0 spiro atoms. The lowest BCUT2D eigenvalue weighted by Crippen LogP contribution is -2.20. The van der Waals surface area contributed by atoms with Crippen molar-refractivity contribution in [1.82, 2.24) is 0 Å². The van der Waals surface area contributed by atoms with Gasteiger partial charge in [0.1, 0.15) is 0 Å². The van der Waals surface area contributed by atoms with Crippen molar-refractivity contribution in [3.05, 3.63) is 70.2 Å². The Morgan fingerprint density at radius 2 is 1.80 bits per heavy atom. The molecule has 2 aromatic rings. The Hall–Kier alpha value is -1.31. The zero-order valence-electron chi connectivity index (χ0n) is 12.0. The highest BCUT2D eigenvalue weighted by molar-refractivity contribution is 6.31. The first-order valence-corrected chi connectivity index (χ1v) is 7.47. The molecule has 2 atom stereocenters. The van der Waals surface area contributed by atoms with Gasteiger partial charge >= 0.3 is 0 Å². The third-order valence-corrected chi connectivity index (χ3v) is 4.12. The molecule has 0 radical (unpaired) electrons. The van der Waals surface area contributed by atoms with E-state index in [4.69, 9.17) is 11.6 Å². The lowest BCUT2D eigenvalue weighted by atomic mass is 9.87. The van der Waals surface area contributed by atoms with Crippen LogP contribution >= 0.6 is 11.6 Å². The number of halogens is 1. The van der Waals surface area contributed by atoms with E-state index in [0.717, 1.165) is 22.6 Å². The van der Waals surface area contributed by atoms with Crippen molar-refractivity contribution in [3.63, 3.8) is 0 Å².